The number of esters is 1. The Labute approximate surface area is 102 Å². The van der Waals surface area contributed by atoms with E-state index in [2.05, 4.69) is 14.9 Å². The Morgan fingerprint density at radius 3 is 3.00 bits per heavy atom. The van der Waals surface area contributed by atoms with Crippen LogP contribution >= 0.6 is 0 Å². The smallest absolute Gasteiger partial charge is 0.307 e. The third-order valence-electron chi connectivity index (χ3n) is 2.53. The first-order valence-electron chi connectivity index (χ1n) is 6.04. The summed E-state index contributed by atoms with van der Waals surface area (Å²) in [7, 11) is 2.02. The molecule has 0 aromatic carbocycles. The molecule has 0 saturated heterocycles. The van der Waals surface area contributed by atoms with Crippen molar-refractivity contribution in [2.24, 2.45) is 0 Å². The van der Waals surface area contributed by atoms with Crippen LogP contribution in [0.2, 0.25) is 0 Å². The first-order chi connectivity index (χ1) is 8.22. The Morgan fingerprint density at radius 1 is 1.53 bits per heavy atom. The van der Waals surface area contributed by atoms with Gasteiger partial charge in [-0.05, 0) is 33.4 Å². The molecule has 0 aliphatic rings. The number of nitrogens with zero attached hydrogens (tertiary/aromatic N) is 2. The Bertz CT molecular complexity index is 312. The molecule has 96 valence electrons. The summed E-state index contributed by atoms with van der Waals surface area (Å²) in [6, 6.07) is 0. The lowest BCUT2D eigenvalue weighted by Crippen LogP contribution is -2.24. The summed E-state index contributed by atoms with van der Waals surface area (Å²) in [5.41, 5.74) is 1.09. The van der Waals surface area contributed by atoms with Crippen LogP contribution in [0.5, 0.6) is 0 Å². The molecule has 0 atom stereocenters. The molecule has 0 aliphatic carbocycles. The molecule has 1 aromatic heterocycles. The summed E-state index contributed by atoms with van der Waals surface area (Å²) < 4.78 is 4.88. The van der Waals surface area contributed by atoms with Gasteiger partial charge in [0.05, 0.1) is 25.0 Å². The normalized spacial score (nSPS) is 10.8. The molecule has 5 heteroatoms. The third kappa shape index (κ3) is 6.06. The van der Waals surface area contributed by atoms with E-state index in [1.54, 1.807) is 6.33 Å². The van der Waals surface area contributed by atoms with Crippen LogP contribution in [-0.4, -0.2) is 47.6 Å². The van der Waals surface area contributed by atoms with Crippen molar-refractivity contribution in [1.29, 1.82) is 0 Å². The minimum Gasteiger partial charge on any atom is -0.466 e. The van der Waals surface area contributed by atoms with Crippen molar-refractivity contribution < 1.29 is 9.53 Å². The topological polar surface area (TPSA) is 58.2 Å². The van der Waals surface area contributed by atoms with Crippen LogP contribution < -0.4 is 0 Å². The number of ether oxygens (including phenoxy) is 1. The lowest BCUT2D eigenvalue weighted by molar-refractivity contribution is -0.143. The van der Waals surface area contributed by atoms with Crippen LogP contribution in [0.3, 0.4) is 0 Å². The van der Waals surface area contributed by atoms with Crippen molar-refractivity contribution in [3.05, 3.63) is 18.2 Å². The zero-order chi connectivity index (χ0) is 12.5. The second-order valence-electron chi connectivity index (χ2n) is 4.02. The number of carbonyl (C=O) groups excluding carboxylic acids is 1. The second kappa shape index (κ2) is 7.84. The van der Waals surface area contributed by atoms with E-state index in [0.717, 1.165) is 31.6 Å². The highest BCUT2D eigenvalue weighted by Gasteiger charge is 2.05. The number of nitrogens with one attached hydrogen (secondary N) is 1. The van der Waals surface area contributed by atoms with Gasteiger partial charge in [-0.15, -0.1) is 0 Å². The molecule has 1 rings (SSSR count). The molecule has 0 saturated carbocycles. The maximum absolute atomic E-state index is 11.1. The zero-order valence-electron chi connectivity index (χ0n) is 10.6. The fourth-order valence-corrected chi connectivity index (χ4v) is 1.58. The highest BCUT2D eigenvalue weighted by Crippen LogP contribution is 1.99. The van der Waals surface area contributed by atoms with Crippen LogP contribution in [-0.2, 0) is 16.0 Å². The molecule has 5 nitrogen and oxygen atoms in total. The number of aromatic nitrogens is 2. The Hall–Kier alpha value is -1.36. The van der Waals surface area contributed by atoms with Crippen LogP contribution in [0.15, 0.2) is 12.5 Å². The van der Waals surface area contributed by atoms with Gasteiger partial charge in [0.25, 0.3) is 0 Å². The number of aromatic amines is 1. The molecule has 0 bridgehead atoms. The zero-order valence-corrected chi connectivity index (χ0v) is 10.6. The van der Waals surface area contributed by atoms with Crippen LogP contribution in [0, 0.1) is 0 Å². The largest absolute Gasteiger partial charge is 0.466 e. The number of rotatable bonds is 8. The summed E-state index contributed by atoms with van der Waals surface area (Å²) in [6.07, 6.45) is 6.09. The molecule has 1 heterocycles. The van der Waals surface area contributed by atoms with E-state index in [1.165, 1.54) is 0 Å². The molecular weight excluding hydrogens is 218 g/mol. The molecule has 0 aliphatic heterocycles. The molecule has 0 fully saturated rings. The second-order valence-corrected chi connectivity index (χ2v) is 4.02. The molecule has 0 amide bonds. The first kappa shape index (κ1) is 13.7. The van der Waals surface area contributed by atoms with Crippen molar-refractivity contribution in [2.45, 2.75) is 26.2 Å². The number of aryl methyl sites for hydroxylation is 1. The number of carbonyl (C=O) groups is 1. The van der Waals surface area contributed by atoms with E-state index < -0.39 is 0 Å². The van der Waals surface area contributed by atoms with E-state index >= 15 is 0 Å². The van der Waals surface area contributed by atoms with Crippen LogP contribution in [0.1, 0.15) is 25.5 Å². The standard InChI is InChI=1S/C12H21N3O2/c1-3-17-12(16)6-8-15(2)7-4-5-11-9-13-10-14-11/h9-10H,3-8H2,1-2H3,(H,13,14). The monoisotopic (exact) mass is 239 g/mol. The highest BCUT2D eigenvalue weighted by molar-refractivity contribution is 5.69. The van der Waals surface area contributed by atoms with Gasteiger partial charge in [0.15, 0.2) is 0 Å². The number of hydrogen-bond donors (Lipinski definition) is 1. The van der Waals surface area contributed by atoms with Gasteiger partial charge in [-0.1, -0.05) is 0 Å². The van der Waals surface area contributed by atoms with E-state index in [1.807, 2.05) is 20.2 Å². The molecule has 1 N–H and O–H groups in total. The summed E-state index contributed by atoms with van der Waals surface area (Å²) in [4.78, 5) is 20.4. The van der Waals surface area contributed by atoms with Crippen molar-refractivity contribution in [3.8, 4) is 0 Å². The van der Waals surface area contributed by atoms with E-state index in [-0.39, 0.29) is 5.97 Å². The van der Waals surface area contributed by atoms with Gasteiger partial charge in [0.2, 0.25) is 0 Å². The van der Waals surface area contributed by atoms with Gasteiger partial charge in [-0.3, -0.25) is 4.79 Å². The fourth-order valence-electron chi connectivity index (χ4n) is 1.58. The first-order valence-corrected chi connectivity index (χ1v) is 6.04. The quantitative estimate of drug-likeness (QED) is 0.693. The third-order valence-corrected chi connectivity index (χ3v) is 2.53. The average molecular weight is 239 g/mol. The van der Waals surface area contributed by atoms with Crippen molar-refractivity contribution in [3.63, 3.8) is 0 Å². The lowest BCUT2D eigenvalue weighted by atomic mass is 10.2. The maximum Gasteiger partial charge on any atom is 0.307 e. The minimum absolute atomic E-state index is 0.119. The van der Waals surface area contributed by atoms with E-state index in [4.69, 9.17) is 4.74 Å². The van der Waals surface area contributed by atoms with Gasteiger partial charge in [-0.2, -0.15) is 0 Å². The molecule has 0 radical (unpaired) electrons. The highest BCUT2D eigenvalue weighted by atomic mass is 16.5. The van der Waals surface area contributed by atoms with Gasteiger partial charge < -0.3 is 14.6 Å². The molecule has 17 heavy (non-hydrogen) atoms. The average Bonchev–Trinajstić information content (AvgIpc) is 2.80. The lowest BCUT2D eigenvalue weighted by Gasteiger charge is -2.15. The van der Waals surface area contributed by atoms with E-state index in [9.17, 15) is 4.79 Å². The van der Waals surface area contributed by atoms with Crippen LogP contribution in [0.25, 0.3) is 0 Å². The SMILES string of the molecule is CCOC(=O)CCN(C)CCCc1c[nH]cn1. The summed E-state index contributed by atoms with van der Waals surface area (Å²) in [6.45, 7) is 4.00. The molecule has 1 aromatic rings. The Balaban J connectivity index is 2.05. The summed E-state index contributed by atoms with van der Waals surface area (Å²) in [5, 5.41) is 0. The van der Waals surface area contributed by atoms with Gasteiger partial charge in [0, 0.05) is 12.7 Å². The van der Waals surface area contributed by atoms with Crippen molar-refractivity contribution in [1.82, 2.24) is 14.9 Å². The number of H-pyrrole nitrogens is 1. The summed E-state index contributed by atoms with van der Waals surface area (Å²) in [5.74, 6) is -0.119. The maximum atomic E-state index is 11.1. The number of imidazole rings is 1. The molecule has 0 unspecified atom stereocenters. The van der Waals surface area contributed by atoms with Gasteiger partial charge >= 0.3 is 5.97 Å². The van der Waals surface area contributed by atoms with Gasteiger partial charge in [-0.25, -0.2) is 4.98 Å². The van der Waals surface area contributed by atoms with Crippen LogP contribution in [0.4, 0.5) is 0 Å². The Kier molecular flexibility index (Phi) is 6.32. The van der Waals surface area contributed by atoms with Crippen molar-refractivity contribution in [2.75, 3.05) is 26.7 Å². The summed E-state index contributed by atoms with van der Waals surface area (Å²) >= 11 is 0. The molecular formula is C12H21N3O2. The number of hydrogen-bond acceptors (Lipinski definition) is 4. The van der Waals surface area contributed by atoms with Crippen molar-refractivity contribution >= 4 is 5.97 Å². The van der Waals surface area contributed by atoms with Gasteiger partial charge in [0.1, 0.15) is 0 Å². The minimum atomic E-state index is -0.119. The predicted molar refractivity (Wildman–Crippen MR) is 65.7 cm³/mol. The van der Waals surface area contributed by atoms with E-state index in [0.29, 0.717) is 13.0 Å². The molecule has 0 spiro atoms. The predicted octanol–water partition coefficient (Wildman–Crippen LogP) is 1.23. The fraction of sp³-hybridized carbons (Fsp3) is 0.667. The Morgan fingerprint density at radius 2 is 2.35 bits per heavy atom.